The van der Waals surface area contributed by atoms with E-state index in [1.54, 1.807) is 24.3 Å². The zero-order chi connectivity index (χ0) is 21.0. The number of allylic oxidation sites excluding steroid dienone is 1. The number of rotatable bonds is 6. The van der Waals surface area contributed by atoms with E-state index in [9.17, 15) is 9.59 Å². The van der Waals surface area contributed by atoms with Crippen LogP contribution < -0.4 is 14.2 Å². The van der Waals surface area contributed by atoms with Crippen molar-refractivity contribution in [2.45, 2.75) is 30.5 Å². The Hall–Kier alpha value is -2.64. The number of carbonyl (C=O) groups excluding carboxylic acids is 2. The Morgan fingerprint density at radius 2 is 1.97 bits per heavy atom. The smallest absolute Gasteiger partial charge is 0.231 e. The Balaban J connectivity index is 1.96. The first-order valence-corrected chi connectivity index (χ1v) is 9.41. The van der Waals surface area contributed by atoms with E-state index in [0.29, 0.717) is 34.8 Å². The van der Waals surface area contributed by atoms with Gasteiger partial charge in [-0.15, -0.1) is 6.58 Å². The zero-order valence-electron chi connectivity index (χ0n) is 16.9. The third kappa shape index (κ3) is 2.31. The molecule has 0 saturated heterocycles. The van der Waals surface area contributed by atoms with Gasteiger partial charge in [-0.05, 0) is 30.2 Å². The van der Waals surface area contributed by atoms with Crippen LogP contribution in [0.15, 0.2) is 36.4 Å². The van der Waals surface area contributed by atoms with Gasteiger partial charge in [0.1, 0.15) is 0 Å². The molecule has 0 unspecified atom stereocenters. The van der Waals surface area contributed by atoms with E-state index >= 15 is 0 Å². The molecule has 1 aromatic carbocycles. The summed E-state index contributed by atoms with van der Waals surface area (Å²) in [5.74, 6) is -0.248. The van der Waals surface area contributed by atoms with Crippen LogP contribution in [0.5, 0.6) is 17.2 Å². The van der Waals surface area contributed by atoms with Gasteiger partial charge in [0.05, 0.1) is 7.11 Å². The highest BCUT2D eigenvalue weighted by Gasteiger charge is 2.73. The lowest BCUT2D eigenvalue weighted by atomic mass is 9.75. The molecule has 4 atom stereocenters. The summed E-state index contributed by atoms with van der Waals surface area (Å²) in [6.07, 6.45) is 3.60. The SMILES string of the molecule is C=CCC1=C[C@]2(OC)C(=O)[C@](OC)(C1=O)[C@H](c1cc(OC)c3c(c1)OCO3)[C@H]2C. The minimum Gasteiger partial charge on any atom is -0.493 e. The van der Waals surface area contributed by atoms with Crippen LogP contribution in [0.4, 0.5) is 0 Å². The van der Waals surface area contributed by atoms with E-state index in [2.05, 4.69) is 6.58 Å². The molecule has 2 aliphatic carbocycles. The lowest BCUT2D eigenvalue weighted by Crippen LogP contribution is -2.57. The van der Waals surface area contributed by atoms with E-state index in [0.717, 1.165) is 0 Å². The number of hydrogen-bond acceptors (Lipinski definition) is 7. The largest absolute Gasteiger partial charge is 0.493 e. The molecule has 29 heavy (non-hydrogen) atoms. The van der Waals surface area contributed by atoms with Crippen LogP contribution in [0.2, 0.25) is 0 Å². The normalized spacial score (nSPS) is 32.3. The molecule has 0 aromatic heterocycles. The van der Waals surface area contributed by atoms with Crippen LogP contribution in [-0.4, -0.2) is 50.9 Å². The van der Waals surface area contributed by atoms with Gasteiger partial charge in [0, 0.05) is 31.6 Å². The minimum absolute atomic E-state index is 0.0791. The van der Waals surface area contributed by atoms with Crippen molar-refractivity contribution in [1.29, 1.82) is 0 Å². The number of Topliss-reactive ketones (excluding diaryl/α,β-unsaturated/α-hetero) is 2. The number of carbonyl (C=O) groups is 2. The minimum atomic E-state index is -1.69. The molecule has 7 heteroatoms. The molecule has 0 N–H and O–H groups in total. The van der Waals surface area contributed by atoms with Crippen molar-refractivity contribution in [2.75, 3.05) is 28.1 Å². The summed E-state index contributed by atoms with van der Waals surface area (Å²) in [4.78, 5) is 27.1. The Morgan fingerprint density at radius 1 is 1.21 bits per heavy atom. The van der Waals surface area contributed by atoms with Crippen molar-refractivity contribution in [3.05, 3.63) is 42.0 Å². The second-order valence-corrected chi connectivity index (χ2v) is 7.48. The molecule has 2 bridgehead atoms. The number of hydrogen-bond donors (Lipinski definition) is 0. The predicted molar refractivity (Wildman–Crippen MR) is 103 cm³/mol. The standard InChI is InChI=1S/C22H24O7/c1-6-7-13-10-21(26-4)12(2)17(22(27-5,19(13)23)20(21)24)14-8-15(25-3)18-16(9-14)28-11-29-18/h6,8-10,12,17H,1,7,11H2,2-5H3/t12-,17+,21-,22-/m1/s1. The van der Waals surface area contributed by atoms with Crippen molar-refractivity contribution < 1.29 is 33.3 Å². The summed E-state index contributed by atoms with van der Waals surface area (Å²) >= 11 is 0. The van der Waals surface area contributed by atoms with Gasteiger partial charge in [-0.2, -0.15) is 0 Å². The lowest BCUT2D eigenvalue weighted by Gasteiger charge is -2.35. The Labute approximate surface area is 169 Å². The molecular weight excluding hydrogens is 376 g/mol. The van der Waals surface area contributed by atoms with Crippen molar-refractivity contribution >= 4 is 11.6 Å². The number of benzene rings is 1. The average Bonchev–Trinajstić information content (AvgIpc) is 3.25. The first kappa shape index (κ1) is 19.7. The highest BCUT2D eigenvalue weighted by molar-refractivity contribution is 6.26. The molecule has 7 nitrogen and oxygen atoms in total. The number of methoxy groups -OCH3 is 3. The number of ketones is 2. The lowest BCUT2D eigenvalue weighted by molar-refractivity contribution is -0.159. The maximum absolute atomic E-state index is 13.6. The quantitative estimate of drug-likeness (QED) is 0.536. The van der Waals surface area contributed by atoms with Gasteiger partial charge >= 0.3 is 0 Å². The highest BCUT2D eigenvalue weighted by atomic mass is 16.7. The highest BCUT2D eigenvalue weighted by Crippen LogP contribution is 2.59. The molecule has 1 fully saturated rings. The molecule has 3 aliphatic rings. The Bertz CT molecular complexity index is 933. The number of ether oxygens (including phenoxy) is 5. The topological polar surface area (TPSA) is 80.3 Å². The summed E-state index contributed by atoms with van der Waals surface area (Å²) in [6, 6.07) is 3.55. The van der Waals surface area contributed by atoms with E-state index in [1.807, 2.05) is 6.92 Å². The molecule has 1 heterocycles. The maximum atomic E-state index is 13.6. The van der Waals surface area contributed by atoms with Gasteiger partial charge in [0.15, 0.2) is 28.5 Å². The van der Waals surface area contributed by atoms with E-state index in [-0.39, 0.29) is 24.3 Å². The molecule has 0 radical (unpaired) electrons. The van der Waals surface area contributed by atoms with Gasteiger partial charge in [-0.25, -0.2) is 0 Å². The van der Waals surface area contributed by atoms with Crippen molar-refractivity contribution in [1.82, 2.24) is 0 Å². The van der Waals surface area contributed by atoms with Crippen LogP contribution in [-0.2, 0) is 19.1 Å². The summed E-state index contributed by atoms with van der Waals surface area (Å²) in [5.41, 5.74) is -1.81. The Morgan fingerprint density at radius 3 is 2.59 bits per heavy atom. The van der Waals surface area contributed by atoms with Crippen LogP contribution >= 0.6 is 0 Å². The fourth-order valence-electron chi connectivity index (χ4n) is 5.05. The van der Waals surface area contributed by atoms with Gasteiger partial charge in [-0.3, -0.25) is 9.59 Å². The van der Waals surface area contributed by atoms with Crippen molar-refractivity contribution in [3.63, 3.8) is 0 Å². The molecule has 1 aliphatic heterocycles. The van der Waals surface area contributed by atoms with Crippen LogP contribution in [0.3, 0.4) is 0 Å². The first-order chi connectivity index (χ1) is 13.9. The van der Waals surface area contributed by atoms with Crippen LogP contribution in [0.25, 0.3) is 0 Å². The van der Waals surface area contributed by atoms with Gasteiger partial charge < -0.3 is 23.7 Å². The predicted octanol–water partition coefficient (Wildman–Crippen LogP) is 2.58. The molecule has 4 rings (SSSR count). The third-order valence-corrected chi connectivity index (χ3v) is 6.39. The second kappa shape index (κ2) is 6.71. The number of fused-ring (bicyclic) bond motifs is 3. The van der Waals surface area contributed by atoms with E-state index < -0.39 is 17.1 Å². The molecule has 0 amide bonds. The average molecular weight is 400 g/mol. The van der Waals surface area contributed by atoms with E-state index in [4.69, 9.17) is 23.7 Å². The van der Waals surface area contributed by atoms with Gasteiger partial charge in [-0.1, -0.05) is 13.0 Å². The van der Waals surface area contributed by atoms with Crippen LogP contribution in [0, 0.1) is 5.92 Å². The third-order valence-electron chi connectivity index (χ3n) is 6.39. The van der Waals surface area contributed by atoms with Crippen molar-refractivity contribution in [2.24, 2.45) is 5.92 Å². The molecule has 1 aromatic rings. The molecule has 154 valence electrons. The van der Waals surface area contributed by atoms with Gasteiger partial charge in [0.2, 0.25) is 18.3 Å². The molecule has 0 spiro atoms. The molecular formula is C22H24O7. The maximum Gasteiger partial charge on any atom is 0.231 e. The van der Waals surface area contributed by atoms with E-state index in [1.165, 1.54) is 21.3 Å². The summed E-state index contributed by atoms with van der Waals surface area (Å²) in [5, 5.41) is 0. The summed E-state index contributed by atoms with van der Waals surface area (Å²) in [7, 11) is 4.40. The zero-order valence-corrected chi connectivity index (χ0v) is 16.9. The fourth-order valence-corrected chi connectivity index (χ4v) is 5.05. The van der Waals surface area contributed by atoms with Crippen molar-refractivity contribution in [3.8, 4) is 17.2 Å². The monoisotopic (exact) mass is 400 g/mol. The Kier molecular flexibility index (Phi) is 4.55. The summed E-state index contributed by atoms with van der Waals surface area (Å²) < 4.78 is 28.0. The fraction of sp³-hybridized carbons (Fsp3) is 0.455. The molecule has 1 saturated carbocycles. The van der Waals surface area contributed by atoms with Gasteiger partial charge in [0.25, 0.3) is 0 Å². The van der Waals surface area contributed by atoms with Crippen LogP contribution in [0.1, 0.15) is 24.8 Å². The summed E-state index contributed by atoms with van der Waals surface area (Å²) in [6.45, 7) is 5.70. The first-order valence-electron chi connectivity index (χ1n) is 9.41. The second-order valence-electron chi connectivity index (χ2n) is 7.48.